The van der Waals surface area contributed by atoms with Gasteiger partial charge in [-0.2, -0.15) is 0 Å². The molecule has 1 aromatic heterocycles. The number of hydrogen-bond donors (Lipinski definition) is 1. The minimum Gasteiger partial charge on any atom is -0.406 e. The van der Waals surface area contributed by atoms with E-state index in [1.807, 2.05) is 0 Å². The lowest BCUT2D eigenvalue weighted by molar-refractivity contribution is -0.274. The van der Waals surface area contributed by atoms with Gasteiger partial charge in [0.15, 0.2) is 0 Å². The number of nitrogens with zero attached hydrogens (tertiary/aromatic N) is 1. The molecule has 1 aliphatic heterocycles. The molecule has 0 spiro atoms. The number of benzene rings is 2. The molecule has 2 heterocycles. The van der Waals surface area contributed by atoms with Crippen molar-refractivity contribution < 1.29 is 27.5 Å². The first-order chi connectivity index (χ1) is 14.7. The Kier molecular flexibility index (Phi) is 5.47. The number of alkyl halides is 3. The zero-order valence-corrected chi connectivity index (χ0v) is 17.0. The Bertz CT molecular complexity index is 1180. The van der Waals surface area contributed by atoms with Crippen LogP contribution in [0.5, 0.6) is 5.75 Å². The van der Waals surface area contributed by atoms with Gasteiger partial charge in [-0.1, -0.05) is 23.7 Å². The van der Waals surface area contributed by atoms with Crippen LogP contribution in [0.4, 0.5) is 24.5 Å². The van der Waals surface area contributed by atoms with E-state index < -0.39 is 23.9 Å². The molecule has 0 unspecified atom stereocenters. The van der Waals surface area contributed by atoms with Gasteiger partial charge in [-0.05, 0) is 53.9 Å². The first kappa shape index (κ1) is 21.0. The van der Waals surface area contributed by atoms with Crippen molar-refractivity contribution in [2.75, 3.05) is 10.2 Å². The van der Waals surface area contributed by atoms with Crippen LogP contribution in [0, 0.1) is 0 Å². The largest absolute Gasteiger partial charge is 0.573 e. The van der Waals surface area contributed by atoms with Gasteiger partial charge < -0.3 is 10.1 Å². The van der Waals surface area contributed by atoms with Crippen LogP contribution in [0.3, 0.4) is 0 Å². The number of thiophene rings is 1. The number of ether oxygens (including phenoxy) is 1. The van der Waals surface area contributed by atoms with Crippen LogP contribution in [-0.4, -0.2) is 18.2 Å². The minimum atomic E-state index is -4.81. The Morgan fingerprint density at radius 1 is 0.968 bits per heavy atom. The molecule has 2 amide bonds. The second-order valence-electron chi connectivity index (χ2n) is 6.35. The number of imide groups is 1. The van der Waals surface area contributed by atoms with E-state index in [-0.39, 0.29) is 11.3 Å². The van der Waals surface area contributed by atoms with E-state index in [2.05, 4.69) is 10.1 Å². The Morgan fingerprint density at radius 3 is 2.32 bits per heavy atom. The first-order valence-electron chi connectivity index (χ1n) is 8.78. The minimum absolute atomic E-state index is 0.0110. The summed E-state index contributed by atoms with van der Waals surface area (Å²) in [6.45, 7) is 0. The summed E-state index contributed by atoms with van der Waals surface area (Å²) in [7, 11) is 0. The van der Waals surface area contributed by atoms with Crippen molar-refractivity contribution in [3.05, 3.63) is 81.6 Å². The van der Waals surface area contributed by atoms with E-state index in [4.69, 9.17) is 11.6 Å². The summed E-state index contributed by atoms with van der Waals surface area (Å²) in [5, 5.41) is 4.99. The molecule has 158 valence electrons. The standard InChI is InChI=1S/C21H12ClF3N2O3S/c22-12-3-1-4-14(11-12)27-19(28)17(16-5-2-10-31-16)18(20(27)29)26-13-6-8-15(9-7-13)30-21(23,24)25/h1-11,26H. The first-order valence-corrected chi connectivity index (χ1v) is 10.0. The van der Waals surface area contributed by atoms with Crippen LogP contribution < -0.4 is 15.0 Å². The zero-order chi connectivity index (χ0) is 22.2. The number of hydrogen-bond acceptors (Lipinski definition) is 5. The number of anilines is 2. The van der Waals surface area contributed by atoms with Crippen molar-refractivity contribution in [2.24, 2.45) is 0 Å². The van der Waals surface area contributed by atoms with Crippen LogP contribution in [0.15, 0.2) is 71.7 Å². The van der Waals surface area contributed by atoms with E-state index in [0.29, 0.717) is 21.3 Å². The van der Waals surface area contributed by atoms with E-state index in [0.717, 1.165) is 17.0 Å². The molecule has 0 aliphatic carbocycles. The second kappa shape index (κ2) is 8.09. The lowest BCUT2D eigenvalue weighted by atomic mass is 10.2. The fraction of sp³-hybridized carbons (Fsp3) is 0.0476. The van der Waals surface area contributed by atoms with E-state index >= 15 is 0 Å². The third-order valence-corrected chi connectivity index (χ3v) is 5.40. The Labute approximate surface area is 183 Å². The Balaban J connectivity index is 1.69. The Morgan fingerprint density at radius 2 is 1.71 bits per heavy atom. The predicted octanol–water partition coefficient (Wildman–Crippen LogP) is 5.70. The molecular formula is C21H12ClF3N2O3S. The molecule has 2 aromatic carbocycles. The fourth-order valence-electron chi connectivity index (χ4n) is 3.03. The van der Waals surface area contributed by atoms with Crippen LogP contribution in [-0.2, 0) is 9.59 Å². The quantitative estimate of drug-likeness (QED) is 0.492. The molecule has 0 saturated carbocycles. The van der Waals surface area contributed by atoms with E-state index in [9.17, 15) is 22.8 Å². The highest BCUT2D eigenvalue weighted by Crippen LogP contribution is 2.36. The molecule has 0 saturated heterocycles. The van der Waals surface area contributed by atoms with Crippen molar-refractivity contribution in [1.82, 2.24) is 0 Å². The third kappa shape index (κ3) is 4.42. The maximum absolute atomic E-state index is 13.2. The monoisotopic (exact) mass is 464 g/mol. The smallest absolute Gasteiger partial charge is 0.406 e. The number of rotatable bonds is 5. The molecule has 5 nitrogen and oxygen atoms in total. The lowest BCUT2D eigenvalue weighted by Crippen LogP contribution is -2.32. The van der Waals surface area contributed by atoms with Gasteiger partial charge in [-0.3, -0.25) is 9.59 Å². The molecule has 1 aliphatic rings. The number of halogens is 4. The number of amides is 2. The second-order valence-corrected chi connectivity index (χ2v) is 7.73. The Hall–Kier alpha value is -3.30. The number of nitrogens with one attached hydrogen (secondary N) is 1. The topological polar surface area (TPSA) is 58.6 Å². The van der Waals surface area contributed by atoms with Gasteiger partial charge in [0.05, 0.1) is 11.3 Å². The summed E-state index contributed by atoms with van der Waals surface area (Å²) < 4.78 is 40.9. The molecule has 0 atom stereocenters. The maximum atomic E-state index is 13.2. The van der Waals surface area contributed by atoms with Gasteiger partial charge in [-0.25, -0.2) is 4.90 Å². The van der Waals surface area contributed by atoms with Gasteiger partial charge in [0, 0.05) is 15.6 Å². The van der Waals surface area contributed by atoms with Gasteiger partial charge in [0.25, 0.3) is 11.8 Å². The van der Waals surface area contributed by atoms with Crippen molar-refractivity contribution in [3.8, 4) is 5.75 Å². The van der Waals surface area contributed by atoms with E-state index in [1.165, 1.54) is 29.5 Å². The summed E-state index contributed by atoms with van der Waals surface area (Å²) in [4.78, 5) is 27.9. The van der Waals surface area contributed by atoms with Crippen molar-refractivity contribution in [2.45, 2.75) is 6.36 Å². The molecule has 0 bridgehead atoms. The highest BCUT2D eigenvalue weighted by Gasteiger charge is 2.40. The summed E-state index contributed by atoms with van der Waals surface area (Å²) in [5.74, 6) is -1.54. The molecule has 1 N–H and O–H groups in total. The van der Waals surface area contributed by atoms with Gasteiger partial charge >= 0.3 is 6.36 Å². The number of carbonyl (C=O) groups is 2. The molecule has 4 rings (SSSR count). The summed E-state index contributed by atoms with van der Waals surface area (Å²) >= 11 is 7.29. The highest BCUT2D eigenvalue weighted by atomic mass is 35.5. The van der Waals surface area contributed by atoms with Crippen LogP contribution in [0.25, 0.3) is 5.57 Å². The molecule has 0 fully saturated rings. The van der Waals surface area contributed by atoms with Gasteiger partial charge in [0.2, 0.25) is 0 Å². The molecular weight excluding hydrogens is 453 g/mol. The number of carbonyl (C=O) groups excluding carboxylic acids is 2. The van der Waals surface area contributed by atoms with E-state index in [1.54, 1.807) is 35.7 Å². The van der Waals surface area contributed by atoms with Gasteiger partial charge in [0.1, 0.15) is 11.4 Å². The molecule has 0 radical (unpaired) electrons. The van der Waals surface area contributed by atoms with Crippen molar-refractivity contribution in [3.63, 3.8) is 0 Å². The maximum Gasteiger partial charge on any atom is 0.573 e. The fourth-order valence-corrected chi connectivity index (χ4v) is 3.98. The summed E-state index contributed by atoms with van der Waals surface area (Å²) in [5.41, 5.74) is 0.794. The lowest BCUT2D eigenvalue weighted by Gasteiger charge is -2.15. The average molecular weight is 465 g/mol. The predicted molar refractivity (Wildman–Crippen MR) is 112 cm³/mol. The zero-order valence-electron chi connectivity index (χ0n) is 15.4. The van der Waals surface area contributed by atoms with Crippen molar-refractivity contribution >= 4 is 51.7 Å². The molecule has 31 heavy (non-hydrogen) atoms. The van der Waals surface area contributed by atoms with Crippen LogP contribution in [0.2, 0.25) is 5.02 Å². The third-order valence-electron chi connectivity index (χ3n) is 4.28. The van der Waals surface area contributed by atoms with Gasteiger partial charge in [-0.15, -0.1) is 24.5 Å². The molecule has 3 aromatic rings. The van der Waals surface area contributed by atoms with Crippen LogP contribution in [0.1, 0.15) is 4.88 Å². The molecule has 10 heteroatoms. The highest BCUT2D eigenvalue weighted by molar-refractivity contribution is 7.11. The SMILES string of the molecule is O=C1C(Nc2ccc(OC(F)(F)F)cc2)=C(c2cccs2)C(=O)N1c1cccc(Cl)c1. The summed E-state index contributed by atoms with van der Waals surface area (Å²) in [6.07, 6.45) is -4.81. The average Bonchev–Trinajstić information content (AvgIpc) is 3.29. The van der Waals surface area contributed by atoms with Crippen molar-refractivity contribution in [1.29, 1.82) is 0 Å². The van der Waals surface area contributed by atoms with Crippen LogP contribution >= 0.6 is 22.9 Å². The normalized spacial score (nSPS) is 14.4. The summed E-state index contributed by atoms with van der Waals surface area (Å²) in [6, 6.07) is 14.6.